The fraction of sp³-hybridized carbons (Fsp3) is 0.863. The highest BCUT2D eigenvalue weighted by Gasteiger charge is 2.27. The molecule has 0 aromatic heterocycles. The Balaban J connectivity index is 4.24. The van der Waals surface area contributed by atoms with Gasteiger partial charge >= 0.3 is 7.82 Å². The molecule has 3 atom stereocenters. The van der Waals surface area contributed by atoms with Crippen molar-refractivity contribution in [3.63, 3.8) is 0 Å². The number of carbonyl (C=O) groups excluding carboxylic acids is 1. The fourth-order valence-electron chi connectivity index (χ4n) is 7.32. The van der Waals surface area contributed by atoms with Crippen molar-refractivity contribution in [1.29, 1.82) is 0 Å². The second-order valence-electron chi connectivity index (χ2n) is 18.5. The first-order valence-corrected chi connectivity index (χ1v) is 26.9. The predicted octanol–water partition coefficient (Wildman–Crippen LogP) is 14.6. The highest BCUT2D eigenvalue weighted by Crippen LogP contribution is 2.43. The fourth-order valence-corrected chi connectivity index (χ4v) is 8.05. The molecular weight excluding hydrogens is 768 g/mol. The van der Waals surface area contributed by atoms with Crippen LogP contribution >= 0.6 is 7.82 Å². The average Bonchev–Trinajstić information content (AvgIpc) is 3.20. The highest BCUT2D eigenvalue weighted by molar-refractivity contribution is 7.47. The van der Waals surface area contributed by atoms with Crippen LogP contribution in [0.15, 0.2) is 36.5 Å². The Hall–Kier alpha value is -1.28. The van der Waals surface area contributed by atoms with Gasteiger partial charge in [0.15, 0.2) is 0 Å². The normalized spacial score (nSPS) is 14.4. The van der Waals surface area contributed by atoms with Gasteiger partial charge in [0.1, 0.15) is 13.2 Å². The van der Waals surface area contributed by atoms with E-state index >= 15 is 0 Å². The molecule has 0 saturated heterocycles. The maximum absolute atomic E-state index is 12.9. The Kier molecular flexibility index (Phi) is 42.1. The largest absolute Gasteiger partial charge is 0.472 e. The molecule has 0 aromatic carbocycles. The van der Waals surface area contributed by atoms with Crippen molar-refractivity contribution in [1.82, 2.24) is 5.32 Å². The summed E-state index contributed by atoms with van der Waals surface area (Å²) in [5.41, 5.74) is 0. The molecule has 3 unspecified atom stereocenters. The number of allylic oxidation sites excluding steroid dienone is 5. The Bertz CT molecular complexity index is 1070. The van der Waals surface area contributed by atoms with Crippen molar-refractivity contribution in [3.05, 3.63) is 36.5 Å². The lowest BCUT2D eigenvalue weighted by molar-refractivity contribution is -0.870. The van der Waals surface area contributed by atoms with Gasteiger partial charge in [0.05, 0.1) is 39.9 Å². The first-order valence-electron chi connectivity index (χ1n) is 25.4. The summed E-state index contributed by atoms with van der Waals surface area (Å²) in [4.78, 5) is 23.1. The Morgan fingerprint density at radius 2 is 0.983 bits per heavy atom. The highest BCUT2D eigenvalue weighted by atomic mass is 31.2. The molecule has 0 aliphatic heterocycles. The maximum atomic E-state index is 12.9. The van der Waals surface area contributed by atoms with Gasteiger partial charge in [-0.25, -0.2) is 4.57 Å². The first-order chi connectivity index (χ1) is 29.0. The quantitative estimate of drug-likeness (QED) is 0.0244. The molecule has 9 heteroatoms. The molecule has 60 heavy (non-hydrogen) atoms. The minimum Gasteiger partial charge on any atom is -0.387 e. The third kappa shape index (κ3) is 44.8. The van der Waals surface area contributed by atoms with Gasteiger partial charge in [0.25, 0.3) is 0 Å². The molecule has 1 amide bonds. The molecule has 354 valence electrons. The summed E-state index contributed by atoms with van der Waals surface area (Å²) in [7, 11) is 1.56. The van der Waals surface area contributed by atoms with Crippen LogP contribution in [0.5, 0.6) is 0 Å². The number of carbonyl (C=O) groups is 1. The van der Waals surface area contributed by atoms with E-state index in [-0.39, 0.29) is 19.1 Å². The molecule has 0 radical (unpaired) electrons. The number of unbranched alkanes of at least 4 members (excludes halogenated alkanes) is 29. The Morgan fingerprint density at radius 1 is 0.567 bits per heavy atom. The average molecular weight is 868 g/mol. The SMILES string of the molecule is CCC/C=C\C/C=C\CCCCCCCC(=O)NC(COP(=O)(O)OCC[N+](C)(C)C)C(O)/C=C/CCCCCCCCCCCCCCCCCCCCCCCCC. The lowest BCUT2D eigenvalue weighted by atomic mass is 10.0. The molecule has 0 fully saturated rings. The number of hydrogen-bond acceptors (Lipinski definition) is 5. The summed E-state index contributed by atoms with van der Waals surface area (Å²) in [5.74, 6) is -0.191. The third-order valence-electron chi connectivity index (χ3n) is 11.3. The van der Waals surface area contributed by atoms with Gasteiger partial charge in [-0.3, -0.25) is 13.8 Å². The number of phosphoric ester groups is 1. The third-order valence-corrected chi connectivity index (χ3v) is 12.3. The van der Waals surface area contributed by atoms with E-state index in [9.17, 15) is 19.4 Å². The number of phosphoric acid groups is 1. The van der Waals surface area contributed by atoms with Gasteiger partial charge in [-0.2, -0.15) is 0 Å². The van der Waals surface area contributed by atoms with E-state index in [2.05, 4.69) is 43.5 Å². The van der Waals surface area contributed by atoms with E-state index < -0.39 is 20.0 Å². The molecule has 8 nitrogen and oxygen atoms in total. The molecule has 0 saturated carbocycles. The molecule has 0 aliphatic rings. The van der Waals surface area contributed by atoms with Gasteiger partial charge in [-0.15, -0.1) is 0 Å². The lowest BCUT2D eigenvalue weighted by Crippen LogP contribution is -2.45. The number of aliphatic hydroxyl groups excluding tert-OH is 1. The van der Waals surface area contributed by atoms with E-state index in [1.807, 2.05) is 27.2 Å². The predicted molar refractivity (Wildman–Crippen MR) is 258 cm³/mol. The van der Waals surface area contributed by atoms with E-state index in [0.29, 0.717) is 17.4 Å². The summed E-state index contributed by atoms with van der Waals surface area (Å²) in [5, 5.41) is 13.9. The Labute approximate surface area is 372 Å². The number of amides is 1. The van der Waals surface area contributed by atoms with Crippen LogP contribution in [0, 0.1) is 0 Å². The minimum atomic E-state index is -4.34. The van der Waals surface area contributed by atoms with E-state index in [1.165, 1.54) is 141 Å². The minimum absolute atomic E-state index is 0.0585. The number of nitrogens with zero attached hydrogens (tertiary/aromatic N) is 1. The van der Waals surface area contributed by atoms with Crippen LogP contribution in [0.3, 0.4) is 0 Å². The molecule has 0 spiro atoms. The van der Waals surface area contributed by atoms with E-state index in [1.54, 1.807) is 6.08 Å². The number of quaternary nitrogens is 1. The van der Waals surface area contributed by atoms with E-state index in [0.717, 1.165) is 70.6 Å². The van der Waals surface area contributed by atoms with Crippen LogP contribution in [0.4, 0.5) is 0 Å². The summed E-state index contributed by atoms with van der Waals surface area (Å²) >= 11 is 0. The standard InChI is InChI=1S/C51H99N2O6P/c1-6-8-10-12-14-16-18-20-21-22-23-24-25-26-27-28-29-30-31-33-34-36-38-40-42-44-50(54)49(48-59-60(56,57)58-47-46-53(3,4)5)52-51(55)45-43-41-39-37-35-32-19-17-15-13-11-9-7-2/h11,13,17,19,42,44,49-50,54H,6-10,12,14-16,18,20-41,43,45-48H2,1-5H3,(H-,52,55,56,57)/p+1/b13-11-,19-17-,44-42+. The van der Waals surface area contributed by atoms with Crippen molar-refractivity contribution in [2.75, 3.05) is 40.9 Å². The second-order valence-corrected chi connectivity index (χ2v) is 20.0. The topological polar surface area (TPSA) is 105 Å². The zero-order valence-electron chi connectivity index (χ0n) is 40.2. The number of nitrogens with one attached hydrogen (secondary N) is 1. The maximum Gasteiger partial charge on any atom is 0.472 e. The molecule has 0 heterocycles. The van der Waals surface area contributed by atoms with Gasteiger partial charge < -0.3 is 19.8 Å². The van der Waals surface area contributed by atoms with Gasteiger partial charge in [0, 0.05) is 6.42 Å². The monoisotopic (exact) mass is 868 g/mol. The van der Waals surface area contributed by atoms with Crippen LogP contribution in [-0.4, -0.2) is 73.4 Å². The van der Waals surface area contributed by atoms with Gasteiger partial charge in [0.2, 0.25) is 5.91 Å². The van der Waals surface area contributed by atoms with Crippen LogP contribution in [0.25, 0.3) is 0 Å². The van der Waals surface area contributed by atoms with Crippen LogP contribution in [-0.2, 0) is 18.4 Å². The molecule has 0 aromatic rings. The number of aliphatic hydroxyl groups is 1. The van der Waals surface area contributed by atoms with Crippen molar-refractivity contribution in [3.8, 4) is 0 Å². The zero-order chi connectivity index (χ0) is 44.3. The number of hydrogen-bond donors (Lipinski definition) is 3. The van der Waals surface area contributed by atoms with Crippen molar-refractivity contribution in [2.24, 2.45) is 0 Å². The van der Waals surface area contributed by atoms with Crippen molar-refractivity contribution >= 4 is 13.7 Å². The van der Waals surface area contributed by atoms with Crippen LogP contribution in [0.1, 0.15) is 232 Å². The molecule has 0 aliphatic carbocycles. The molecule has 3 N–H and O–H groups in total. The molecule has 0 bridgehead atoms. The first kappa shape index (κ1) is 58.7. The van der Waals surface area contributed by atoms with Gasteiger partial charge in [-0.1, -0.05) is 217 Å². The van der Waals surface area contributed by atoms with Crippen LogP contribution in [0.2, 0.25) is 0 Å². The van der Waals surface area contributed by atoms with Gasteiger partial charge in [-0.05, 0) is 44.9 Å². The van der Waals surface area contributed by atoms with E-state index in [4.69, 9.17) is 9.05 Å². The summed E-state index contributed by atoms with van der Waals surface area (Å²) in [6.45, 7) is 4.75. The summed E-state index contributed by atoms with van der Waals surface area (Å²) in [6.07, 6.45) is 53.8. The molecule has 0 rings (SSSR count). The van der Waals surface area contributed by atoms with Crippen molar-refractivity contribution < 1.29 is 32.9 Å². The molecular formula is C51H100N2O6P+. The zero-order valence-corrected chi connectivity index (χ0v) is 41.1. The number of likely N-dealkylation sites (N-methyl/N-ethyl adjacent to an activating group) is 1. The number of rotatable bonds is 46. The van der Waals surface area contributed by atoms with Crippen molar-refractivity contribution in [2.45, 2.75) is 244 Å². The Morgan fingerprint density at radius 3 is 1.43 bits per heavy atom. The summed E-state index contributed by atoms with van der Waals surface area (Å²) in [6, 6.07) is -0.853. The smallest absolute Gasteiger partial charge is 0.387 e. The summed E-state index contributed by atoms with van der Waals surface area (Å²) < 4.78 is 23.6. The van der Waals surface area contributed by atoms with Crippen LogP contribution < -0.4 is 5.32 Å². The lowest BCUT2D eigenvalue weighted by Gasteiger charge is -2.25. The second kappa shape index (κ2) is 43.0.